The number of esters is 1. The van der Waals surface area contributed by atoms with E-state index in [9.17, 15) is 9.59 Å². The molecule has 0 aliphatic carbocycles. The second-order valence-corrected chi connectivity index (χ2v) is 5.92. The molecule has 1 N–H and O–H groups in total. The minimum absolute atomic E-state index is 0.0488. The van der Waals surface area contributed by atoms with E-state index in [1.165, 1.54) is 6.20 Å². The van der Waals surface area contributed by atoms with Crippen LogP contribution in [-0.2, 0) is 9.53 Å². The molecule has 2 aromatic carbocycles. The number of para-hydroxylation sites is 3. The first-order chi connectivity index (χ1) is 12.6. The topological polar surface area (TPSA) is 81.2 Å². The second-order valence-electron chi connectivity index (χ2n) is 5.52. The van der Waals surface area contributed by atoms with Crippen molar-refractivity contribution in [1.82, 2.24) is 9.97 Å². The maximum absolute atomic E-state index is 12.4. The molecule has 26 heavy (non-hydrogen) atoms. The highest BCUT2D eigenvalue weighted by Crippen LogP contribution is 2.21. The fourth-order valence-corrected chi connectivity index (χ4v) is 2.53. The van der Waals surface area contributed by atoms with Crippen molar-refractivity contribution in [1.29, 1.82) is 0 Å². The molecule has 3 aromatic rings. The number of amides is 1. The summed E-state index contributed by atoms with van der Waals surface area (Å²) in [5.74, 6) is -1.16. The molecule has 1 heterocycles. The molecule has 0 radical (unpaired) electrons. The van der Waals surface area contributed by atoms with Crippen LogP contribution in [0.2, 0.25) is 5.02 Å². The van der Waals surface area contributed by atoms with Crippen LogP contribution < -0.4 is 5.32 Å². The number of ether oxygens (including phenoxy) is 1. The molecular weight excluding hydrogens is 354 g/mol. The lowest BCUT2D eigenvalue weighted by Gasteiger charge is -2.16. The number of rotatable bonds is 5. The molecule has 132 valence electrons. The zero-order valence-corrected chi connectivity index (χ0v) is 14.7. The fourth-order valence-electron chi connectivity index (χ4n) is 2.34. The molecule has 0 aliphatic rings. The van der Waals surface area contributed by atoms with Gasteiger partial charge in [0.05, 0.1) is 27.9 Å². The van der Waals surface area contributed by atoms with E-state index < -0.39 is 18.0 Å². The van der Waals surface area contributed by atoms with E-state index in [1.54, 1.807) is 49.4 Å². The zero-order valence-electron chi connectivity index (χ0n) is 14.0. The summed E-state index contributed by atoms with van der Waals surface area (Å²) in [5, 5.41) is 3.07. The Morgan fingerprint density at radius 1 is 1.12 bits per heavy atom. The van der Waals surface area contributed by atoms with Gasteiger partial charge in [0, 0.05) is 0 Å². The van der Waals surface area contributed by atoms with Crippen molar-refractivity contribution in [2.75, 3.05) is 5.32 Å². The molecule has 0 fully saturated rings. The third kappa shape index (κ3) is 3.97. The standard InChI is InChI=1S/C19H16ClN3O3/c1-2-17(18(24)23-13-8-4-3-7-12(13)20)26-19(25)16-11-21-14-9-5-6-10-15(14)22-16/h3-11,17H,2H2,1H3,(H,23,24). The van der Waals surface area contributed by atoms with Crippen LogP contribution in [0.25, 0.3) is 11.0 Å². The van der Waals surface area contributed by atoms with Crippen LogP contribution in [0.15, 0.2) is 54.7 Å². The minimum Gasteiger partial charge on any atom is -0.447 e. The third-order valence-corrected chi connectivity index (χ3v) is 4.03. The van der Waals surface area contributed by atoms with Gasteiger partial charge in [0.1, 0.15) is 0 Å². The Balaban J connectivity index is 1.72. The van der Waals surface area contributed by atoms with Crippen LogP contribution in [0.1, 0.15) is 23.8 Å². The van der Waals surface area contributed by atoms with Crippen molar-refractivity contribution in [3.8, 4) is 0 Å². The quantitative estimate of drug-likeness (QED) is 0.691. The molecule has 0 spiro atoms. The molecule has 1 amide bonds. The smallest absolute Gasteiger partial charge is 0.359 e. The Morgan fingerprint density at radius 2 is 1.81 bits per heavy atom. The predicted octanol–water partition coefficient (Wildman–Crippen LogP) is 3.86. The van der Waals surface area contributed by atoms with Gasteiger partial charge in [-0.3, -0.25) is 9.78 Å². The lowest BCUT2D eigenvalue weighted by molar-refractivity contribution is -0.124. The summed E-state index contributed by atoms with van der Waals surface area (Å²) in [6, 6.07) is 14.0. The Labute approximate surface area is 155 Å². The van der Waals surface area contributed by atoms with E-state index >= 15 is 0 Å². The first-order valence-corrected chi connectivity index (χ1v) is 8.44. The number of halogens is 1. The van der Waals surface area contributed by atoms with Gasteiger partial charge < -0.3 is 10.1 Å². The van der Waals surface area contributed by atoms with Crippen LogP contribution in [-0.4, -0.2) is 27.9 Å². The highest BCUT2D eigenvalue weighted by molar-refractivity contribution is 6.33. The van der Waals surface area contributed by atoms with Crippen LogP contribution >= 0.6 is 11.6 Å². The van der Waals surface area contributed by atoms with Gasteiger partial charge in [-0.25, -0.2) is 9.78 Å². The first-order valence-electron chi connectivity index (χ1n) is 8.06. The average Bonchev–Trinajstić information content (AvgIpc) is 2.67. The van der Waals surface area contributed by atoms with Gasteiger partial charge in [-0.15, -0.1) is 0 Å². The van der Waals surface area contributed by atoms with E-state index in [1.807, 2.05) is 6.07 Å². The van der Waals surface area contributed by atoms with E-state index in [-0.39, 0.29) is 5.69 Å². The Kier molecular flexibility index (Phi) is 5.43. The van der Waals surface area contributed by atoms with Crippen LogP contribution in [0.3, 0.4) is 0 Å². The minimum atomic E-state index is -0.966. The lowest BCUT2D eigenvalue weighted by Crippen LogP contribution is -2.32. The fraction of sp³-hybridized carbons (Fsp3) is 0.158. The molecule has 1 aromatic heterocycles. The SMILES string of the molecule is CCC(OC(=O)c1cnc2ccccc2n1)C(=O)Nc1ccccc1Cl. The van der Waals surface area contributed by atoms with Crippen molar-refractivity contribution in [2.24, 2.45) is 0 Å². The van der Waals surface area contributed by atoms with Gasteiger partial charge in [0.15, 0.2) is 11.8 Å². The number of nitrogens with one attached hydrogen (secondary N) is 1. The number of hydrogen-bond acceptors (Lipinski definition) is 5. The number of aromatic nitrogens is 2. The summed E-state index contributed by atoms with van der Waals surface area (Å²) >= 11 is 6.03. The van der Waals surface area contributed by atoms with Crippen molar-refractivity contribution in [3.63, 3.8) is 0 Å². The van der Waals surface area contributed by atoms with Gasteiger partial charge >= 0.3 is 5.97 Å². The largest absolute Gasteiger partial charge is 0.447 e. The maximum atomic E-state index is 12.4. The normalized spacial score (nSPS) is 11.8. The number of nitrogens with zero attached hydrogens (tertiary/aromatic N) is 2. The number of anilines is 1. The number of benzene rings is 2. The summed E-state index contributed by atoms with van der Waals surface area (Å²) in [5.41, 5.74) is 1.76. The summed E-state index contributed by atoms with van der Waals surface area (Å²) in [6.07, 6.45) is 0.680. The van der Waals surface area contributed by atoms with E-state index in [0.29, 0.717) is 28.2 Å². The van der Waals surface area contributed by atoms with Crippen molar-refractivity contribution in [3.05, 3.63) is 65.4 Å². The number of fused-ring (bicyclic) bond motifs is 1. The average molecular weight is 370 g/mol. The van der Waals surface area contributed by atoms with Gasteiger partial charge in [0.25, 0.3) is 5.91 Å². The highest BCUT2D eigenvalue weighted by atomic mass is 35.5. The highest BCUT2D eigenvalue weighted by Gasteiger charge is 2.23. The van der Waals surface area contributed by atoms with Gasteiger partial charge in [0.2, 0.25) is 0 Å². The van der Waals surface area contributed by atoms with Crippen LogP contribution in [0, 0.1) is 0 Å². The van der Waals surface area contributed by atoms with Crippen LogP contribution in [0.5, 0.6) is 0 Å². The van der Waals surface area contributed by atoms with E-state index in [2.05, 4.69) is 15.3 Å². The van der Waals surface area contributed by atoms with E-state index in [4.69, 9.17) is 16.3 Å². The summed E-state index contributed by atoms with van der Waals surface area (Å²) in [7, 11) is 0. The molecule has 0 saturated carbocycles. The summed E-state index contributed by atoms with van der Waals surface area (Å²) in [6.45, 7) is 1.75. The van der Waals surface area contributed by atoms with Gasteiger partial charge in [-0.05, 0) is 30.7 Å². The van der Waals surface area contributed by atoms with Crippen molar-refractivity contribution in [2.45, 2.75) is 19.4 Å². The molecule has 6 nitrogen and oxygen atoms in total. The summed E-state index contributed by atoms with van der Waals surface area (Å²) < 4.78 is 5.31. The van der Waals surface area contributed by atoms with Crippen molar-refractivity contribution < 1.29 is 14.3 Å². The zero-order chi connectivity index (χ0) is 18.5. The number of carbonyl (C=O) groups is 2. The second kappa shape index (κ2) is 7.93. The lowest BCUT2D eigenvalue weighted by atomic mass is 10.2. The molecule has 1 unspecified atom stereocenters. The Hall–Kier alpha value is -2.99. The Bertz CT molecular complexity index is 961. The molecule has 7 heteroatoms. The molecule has 0 aliphatic heterocycles. The van der Waals surface area contributed by atoms with Gasteiger partial charge in [-0.1, -0.05) is 42.8 Å². The molecular formula is C19H16ClN3O3. The summed E-state index contributed by atoms with van der Waals surface area (Å²) in [4.78, 5) is 33.2. The number of carbonyl (C=O) groups excluding carboxylic acids is 2. The van der Waals surface area contributed by atoms with Crippen molar-refractivity contribution >= 4 is 40.2 Å². The third-order valence-electron chi connectivity index (χ3n) is 3.70. The Morgan fingerprint density at radius 3 is 2.54 bits per heavy atom. The first kappa shape index (κ1) is 17.8. The van der Waals surface area contributed by atoms with E-state index in [0.717, 1.165) is 0 Å². The van der Waals surface area contributed by atoms with Crippen LogP contribution in [0.4, 0.5) is 5.69 Å². The van der Waals surface area contributed by atoms with Gasteiger partial charge in [-0.2, -0.15) is 0 Å². The molecule has 1 atom stereocenters. The predicted molar refractivity (Wildman–Crippen MR) is 99.1 cm³/mol. The maximum Gasteiger partial charge on any atom is 0.359 e. The number of hydrogen-bond donors (Lipinski definition) is 1. The monoisotopic (exact) mass is 369 g/mol. The molecule has 3 rings (SSSR count). The molecule has 0 saturated heterocycles. The molecule has 0 bridgehead atoms.